The van der Waals surface area contributed by atoms with Crippen molar-refractivity contribution in [1.82, 2.24) is 5.32 Å². The smallest absolute Gasteiger partial charge is 0.232 e. The van der Waals surface area contributed by atoms with Gasteiger partial charge in [-0.3, -0.25) is 9.00 Å². The van der Waals surface area contributed by atoms with Crippen LogP contribution in [0.3, 0.4) is 0 Å². The first-order valence-corrected chi connectivity index (χ1v) is 8.55. The topological polar surface area (TPSA) is 55.4 Å². The van der Waals surface area contributed by atoms with Gasteiger partial charge in [0, 0.05) is 22.9 Å². The van der Waals surface area contributed by atoms with Gasteiger partial charge < -0.3 is 10.1 Å². The molecule has 0 radical (unpaired) electrons. The summed E-state index contributed by atoms with van der Waals surface area (Å²) in [6.45, 7) is 0.389. The van der Waals surface area contributed by atoms with Crippen LogP contribution in [0, 0.1) is 5.82 Å². The number of amides is 1. The predicted octanol–water partition coefficient (Wildman–Crippen LogP) is 2.40. The quantitative estimate of drug-likeness (QED) is 0.845. The van der Waals surface area contributed by atoms with E-state index >= 15 is 0 Å². The molecule has 0 spiro atoms. The van der Waals surface area contributed by atoms with Gasteiger partial charge in [0.05, 0.1) is 12.9 Å². The van der Waals surface area contributed by atoms with Crippen LogP contribution in [0.5, 0.6) is 5.75 Å². The van der Waals surface area contributed by atoms with E-state index in [0.29, 0.717) is 17.9 Å². The maximum atomic E-state index is 13.3. The van der Waals surface area contributed by atoms with Gasteiger partial charge in [-0.15, -0.1) is 0 Å². The van der Waals surface area contributed by atoms with Crippen molar-refractivity contribution in [1.29, 1.82) is 0 Å². The van der Waals surface area contributed by atoms with Gasteiger partial charge in [-0.05, 0) is 23.8 Å². The lowest BCUT2D eigenvalue weighted by Gasteiger charge is -2.09. The Hall–Kier alpha value is -2.21. The van der Waals surface area contributed by atoms with E-state index in [1.165, 1.54) is 25.3 Å². The molecule has 0 aromatic heterocycles. The fourth-order valence-corrected chi connectivity index (χ4v) is 3.15. The molecule has 0 unspecified atom stereocenters. The average Bonchev–Trinajstić information content (AvgIpc) is 2.54. The molecule has 0 aliphatic rings. The molecule has 0 bridgehead atoms. The van der Waals surface area contributed by atoms with Crippen LogP contribution in [0.2, 0.25) is 0 Å². The third-order valence-corrected chi connectivity index (χ3v) is 4.40. The number of rotatable bonds is 7. The standard InChI is InChI=1S/C17H18FNO3S/c1-22-16-8-7-15(18)9-14(16)11-23(21)12-17(20)19-10-13-5-3-2-4-6-13/h2-9H,10-12H2,1H3,(H,19,20)/t23-/m0/s1. The number of hydrogen-bond donors (Lipinski definition) is 1. The SMILES string of the molecule is COc1ccc(F)cc1C[S@](=O)CC(=O)NCc1ccccc1. The second-order valence-electron chi connectivity index (χ2n) is 4.95. The summed E-state index contributed by atoms with van der Waals surface area (Å²) in [6, 6.07) is 13.5. The summed E-state index contributed by atoms with van der Waals surface area (Å²) in [7, 11) is 0.0267. The van der Waals surface area contributed by atoms with Crippen LogP contribution in [0.1, 0.15) is 11.1 Å². The number of nitrogens with one attached hydrogen (secondary N) is 1. The molecule has 4 nitrogen and oxygen atoms in total. The molecule has 1 N–H and O–H groups in total. The zero-order valence-electron chi connectivity index (χ0n) is 12.8. The Labute approximate surface area is 137 Å². The molecule has 122 valence electrons. The first-order valence-electron chi connectivity index (χ1n) is 7.06. The molecule has 0 saturated heterocycles. The summed E-state index contributed by atoms with van der Waals surface area (Å²) in [5.41, 5.74) is 1.46. The summed E-state index contributed by atoms with van der Waals surface area (Å²) >= 11 is 0. The van der Waals surface area contributed by atoms with Crippen LogP contribution in [0.15, 0.2) is 48.5 Å². The van der Waals surface area contributed by atoms with E-state index in [-0.39, 0.29) is 17.4 Å². The second kappa shape index (κ2) is 8.43. The Kier molecular flexibility index (Phi) is 6.29. The summed E-state index contributed by atoms with van der Waals surface area (Å²) in [5, 5.41) is 2.72. The minimum Gasteiger partial charge on any atom is -0.496 e. The first kappa shape index (κ1) is 17.1. The summed E-state index contributed by atoms with van der Waals surface area (Å²) in [5.74, 6) is -0.329. The van der Waals surface area contributed by atoms with Crippen LogP contribution in [0.4, 0.5) is 4.39 Å². The van der Waals surface area contributed by atoms with Crippen LogP contribution < -0.4 is 10.1 Å². The van der Waals surface area contributed by atoms with Crippen molar-refractivity contribution < 1.29 is 18.1 Å². The zero-order valence-corrected chi connectivity index (χ0v) is 13.6. The number of carbonyl (C=O) groups excluding carboxylic acids is 1. The molecular weight excluding hydrogens is 317 g/mol. The third-order valence-electron chi connectivity index (χ3n) is 3.18. The molecule has 0 aliphatic carbocycles. The van der Waals surface area contributed by atoms with Crippen molar-refractivity contribution in [3.05, 3.63) is 65.5 Å². The van der Waals surface area contributed by atoms with E-state index in [2.05, 4.69) is 5.32 Å². The van der Waals surface area contributed by atoms with E-state index in [1.807, 2.05) is 30.3 Å². The predicted molar refractivity (Wildman–Crippen MR) is 88.0 cm³/mol. The Morgan fingerprint density at radius 1 is 1.22 bits per heavy atom. The summed E-state index contributed by atoms with van der Waals surface area (Å²) in [4.78, 5) is 11.8. The van der Waals surface area contributed by atoms with Crippen LogP contribution in [-0.2, 0) is 27.9 Å². The van der Waals surface area contributed by atoms with Gasteiger partial charge in [-0.1, -0.05) is 30.3 Å². The van der Waals surface area contributed by atoms with Crippen molar-refractivity contribution in [2.75, 3.05) is 12.9 Å². The Balaban J connectivity index is 1.87. The lowest BCUT2D eigenvalue weighted by molar-refractivity contribution is -0.118. The highest BCUT2D eigenvalue weighted by Crippen LogP contribution is 2.20. The molecule has 23 heavy (non-hydrogen) atoms. The Morgan fingerprint density at radius 2 is 1.96 bits per heavy atom. The highest BCUT2D eigenvalue weighted by atomic mass is 32.2. The monoisotopic (exact) mass is 335 g/mol. The third kappa shape index (κ3) is 5.49. The number of benzene rings is 2. The fraction of sp³-hybridized carbons (Fsp3) is 0.235. The molecule has 1 amide bonds. The number of methoxy groups -OCH3 is 1. The van der Waals surface area contributed by atoms with Crippen molar-refractivity contribution >= 4 is 16.7 Å². The van der Waals surface area contributed by atoms with Gasteiger partial charge in [0.15, 0.2) is 0 Å². The van der Waals surface area contributed by atoms with Crippen molar-refractivity contribution in [3.63, 3.8) is 0 Å². The molecule has 1 atom stereocenters. The molecule has 0 saturated carbocycles. The number of hydrogen-bond acceptors (Lipinski definition) is 3. The Bertz CT molecular complexity index is 691. The largest absolute Gasteiger partial charge is 0.496 e. The normalized spacial score (nSPS) is 11.7. The van der Waals surface area contributed by atoms with E-state index in [4.69, 9.17) is 4.74 Å². The molecule has 0 aliphatic heterocycles. The minimum absolute atomic E-state index is 0.0691. The summed E-state index contributed by atoms with van der Waals surface area (Å²) in [6.07, 6.45) is 0. The molecular formula is C17H18FNO3S. The number of halogens is 1. The minimum atomic E-state index is -1.44. The highest BCUT2D eigenvalue weighted by Gasteiger charge is 2.12. The maximum Gasteiger partial charge on any atom is 0.232 e. The van der Waals surface area contributed by atoms with Gasteiger partial charge in [-0.2, -0.15) is 0 Å². The van der Waals surface area contributed by atoms with E-state index < -0.39 is 16.6 Å². The number of carbonyl (C=O) groups is 1. The second-order valence-corrected chi connectivity index (χ2v) is 6.40. The molecule has 6 heteroatoms. The van der Waals surface area contributed by atoms with Crippen molar-refractivity contribution in [2.45, 2.75) is 12.3 Å². The zero-order chi connectivity index (χ0) is 16.7. The summed E-state index contributed by atoms with van der Waals surface area (Å²) < 4.78 is 30.5. The van der Waals surface area contributed by atoms with Crippen LogP contribution >= 0.6 is 0 Å². The number of ether oxygens (including phenoxy) is 1. The fourth-order valence-electron chi connectivity index (χ4n) is 2.08. The molecule has 2 rings (SSSR count). The Morgan fingerprint density at radius 3 is 2.65 bits per heavy atom. The average molecular weight is 335 g/mol. The maximum absolute atomic E-state index is 13.3. The van der Waals surface area contributed by atoms with Gasteiger partial charge in [0.2, 0.25) is 5.91 Å². The van der Waals surface area contributed by atoms with Gasteiger partial charge >= 0.3 is 0 Å². The molecule has 2 aromatic rings. The van der Waals surface area contributed by atoms with Gasteiger partial charge in [-0.25, -0.2) is 4.39 Å². The lowest BCUT2D eigenvalue weighted by Crippen LogP contribution is -2.28. The van der Waals surface area contributed by atoms with Gasteiger partial charge in [0.25, 0.3) is 0 Å². The highest BCUT2D eigenvalue weighted by molar-refractivity contribution is 7.84. The van der Waals surface area contributed by atoms with Gasteiger partial charge in [0.1, 0.15) is 17.3 Å². The van der Waals surface area contributed by atoms with Crippen LogP contribution in [-0.4, -0.2) is 23.0 Å². The first-order chi connectivity index (χ1) is 11.1. The van der Waals surface area contributed by atoms with E-state index in [0.717, 1.165) is 5.56 Å². The molecule has 0 fully saturated rings. The lowest BCUT2D eigenvalue weighted by atomic mass is 10.2. The van der Waals surface area contributed by atoms with Crippen molar-refractivity contribution in [2.24, 2.45) is 0 Å². The van der Waals surface area contributed by atoms with E-state index in [1.54, 1.807) is 0 Å². The van der Waals surface area contributed by atoms with Crippen molar-refractivity contribution in [3.8, 4) is 5.75 Å². The van der Waals surface area contributed by atoms with E-state index in [9.17, 15) is 13.4 Å². The molecule has 2 aromatic carbocycles. The van der Waals surface area contributed by atoms with Crippen LogP contribution in [0.25, 0.3) is 0 Å². The molecule has 0 heterocycles.